The lowest BCUT2D eigenvalue weighted by atomic mass is 10.2. The summed E-state index contributed by atoms with van der Waals surface area (Å²) >= 11 is 6.69. The lowest BCUT2D eigenvalue weighted by Gasteiger charge is -2.11. The van der Waals surface area contributed by atoms with E-state index in [1.807, 2.05) is 19.1 Å². The number of aryl methyl sites for hydroxylation is 1. The third-order valence-corrected chi connectivity index (χ3v) is 3.31. The Kier molecular flexibility index (Phi) is 3.79. The molecule has 0 saturated heterocycles. The highest BCUT2D eigenvalue weighted by Crippen LogP contribution is 2.28. The number of benzene rings is 1. The van der Waals surface area contributed by atoms with Crippen molar-refractivity contribution in [2.75, 3.05) is 5.32 Å². The Hall–Kier alpha value is -0.940. The van der Waals surface area contributed by atoms with E-state index >= 15 is 0 Å². The summed E-state index contributed by atoms with van der Waals surface area (Å²) < 4.78 is 15.3. The van der Waals surface area contributed by atoms with Crippen LogP contribution in [0.2, 0.25) is 0 Å². The smallest absolute Gasteiger partial charge is 0.146 e. The third kappa shape index (κ3) is 2.84. The summed E-state index contributed by atoms with van der Waals surface area (Å²) in [6.45, 7) is 1.85. The van der Waals surface area contributed by atoms with Crippen LogP contribution in [0.3, 0.4) is 0 Å². The predicted octanol–water partition coefficient (Wildman–Crippen LogP) is 4.80. The van der Waals surface area contributed by atoms with Crippen molar-refractivity contribution < 1.29 is 4.39 Å². The second-order valence-corrected chi connectivity index (χ2v) is 5.31. The van der Waals surface area contributed by atoms with Crippen molar-refractivity contribution in [3.05, 3.63) is 50.8 Å². The molecule has 2 nitrogen and oxygen atoms in total. The summed E-state index contributed by atoms with van der Waals surface area (Å²) in [6.07, 6.45) is 1.66. The average molecular weight is 360 g/mol. The molecule has 88 valence electrons. The molecule has 0 atom stereocenters. The first-order valence-corrected chi connectivity index (χ1v) is 6.49. The van der Waals surface area contributed by atoms with Gasteiger partial charge < -0.3 is 5.32 Å². The average Bonchev–Trinajstić information content (AvgIpc) is 2.26. The van der Waals surface area contributed by atoms with Crippen molar-refractivity contribution in [3.8, 4) is 0 Å². The Morgan fingerprint density at radius 2 is 2.06 bits per heavy atom. The minimum atomic E-state index is -0.290. The van der Waals surface area contributed by atoms with Gasteiger partial charge in [0.1, 0.15) is 11.6 Å². The molecule has 0 saturated carbocycles. The minimum absolute atomic E-state index is 0.290. The highest BCUT2D eigenvalue weighted by atomic mass is 79.9. The zero-order chi connectivity index (χ0) is 12.4. The molecule has 0 spiro atoms. The van der Waals surface area contributed by atoms with Crippen LogP contribution in [0.5, 0.6) is 0 Å². The zero-order valence-corrected chi connectivity index (χ0v) is 12.1. The molecule has 2 rings (SSSR count). The lowest BCUT2D eigenvalue weighted by molar-refractivity contribution is 0.630. The van der Waals surface area contributed by atoms with Crippen LogP contribution in [-0.2, 0) is 0 Å². The first-order chi connectivity index (χ1) is 8.08. The van der Waals surface area contributed by atoms with Crippen molar-refractivity contribution in [1.29, 1.82) is 0 Å². The molecule has 1 aromatic heterocycles. The van der Waals surface area contributed by atoms with Gasteiger partial charge in [0.25, 0.3) is 0 Å². The number of nitrogens with one attached hydrogen (secondary N) is 1. The number of hydrogen-bond donors (Lipinski definition) is 1. The number of anilines is 2. The second-order valence-electron chi connectivity index (χ2n) is 3.54. The Labute approximate surface area is 116 Å². The Balaban J connectivity index is 2.38. The molecular weight excluding hydrogens is 351 g/mol. The van der Waals surface area contributed by atoms with Gasteiger partial charge in [0, 0.05) is 10.7 Å². The molecule has 0 aliphatic rings. The summed E-state index contributed by atoms with van der Waals surface area (Å²) in [7, 11) is 0. The van der Waals surface area contributed by atoms with Crippen molar-refractivity contribution in [2.24, 2.45) is 0 Å². The molecule has 5 heteroatoms. The number of halogens is 3. The van der Waals surface area contributed by atoms with Crippen LogP contribution in [0.15, 0.2) is 39.4 Å². The van der Waals surface area contributed by atoms with Crippen LogP contribution in [0.4, 0.5) is 15.9 Å². The van der Waals surface area contributed by atoms with Crippen LogP contribution >= 0.6 is 31.9 Å². The van der Waals surface area contributed by atoms with E-state index in [1.54, 1.807) is 12.3 Å². The summed E-state index contributed by atoms with van der Waals surface area (Å²) in [4.78, 5) is 4.18. The van der Waals surface area contributed by atoms with E-state index in [-0.39, 0.29) is 5.82 Å². The van der Waals surface area contributed by atoms with Gasteiger partial charge in [-0.15, -0.1) is 0 Å². The number of hydrogen-bond acceptors (Lipinski definition) is 2. The number of pyridine rings is 1. The molecule has 17 heavy (non-hydrogen) atoms. The van der Waals surface area contributed by atoms with E-state index in [9.17, 15) is 4.39 Å². The van der Waals surface area contributed by atoms with Gasteiger partial charge in [0.05, 0.1) is 10.2 Å². The van der Waals surface area contributed by atoms with Crippen molar-refractivity contribution >= 4 is 43.4 Å². The molecule has 0 unspecified atom stereocenters. The van der Waals surface area contributed by atoms with Gasteiger partial charge in [-0.3, -0.25) is 0 Å². The van der Waals surface area contributed by atoms with Gasteiger partial charge >= 0.3 is 0 Å². The molecule has 0 radical (unpaired) electrons. The first-order valence-electron chi connectivity index (χ1n) is 4.91. The molecule has 0 bridgehead atoms. The highest BCUT2D eigenvalue weighted by Gasteiger charge is 2.08. The van der Waals surface area contributed by atoms with Gasteiger partial charge in [0.15, 0.2) is 0 Å². The van der Waals surface area contributed by atoms with Crippen molar-refractivity contribution in [2.45, 2.75) is 6.92 Å². The van der Waals surface area contributed by atoms with Crippen molar-refractivity contribution in [3.63, 3.8) is 0 Å². The van der Waals surface area contributed by atoms with Gasteiger partial charge in [0.2, 0.25) is 0 Å². The van der Waals surface area contributed by atoms with Crippen LogP contribution < -0.4 is 5.32 Å². The fourth-order valence-electron chi connectivity index (χ4n) is 1.42. The molecule has 0 aliphatic carbocycles. The topological polar surface area (TPSA) is 24.9 Å². The quantitative estimate of drug-likeness (QED) is 0.833. The van der Waals surface area contributed by atoms with E-state index in [0.29, 0.717) is 11.5 Å². The zero-order valence-electron chi connectivity index (χ0n) is 8.97. The largest absolute Gasteiger partial charge is 0.337 e. The lowest BCUT2D eigenvalue weighted by Crippen LogP contribution is -1.99. The maximum absolute atomic E-state index is 13.6. The molecule has 1 aromatic carbocycles. The van der Waals surface area contributed by atoms with E-state index in [0.717, 1.165) is 14.5 Å². The molecule has 1 N–H and O–H groups in total. The van der Waals surface area contributed by atoms with E-state index < -0.39 is 0 Å². The first kappa shape index (κ1) is 12.5. The third-order valence-electron chi connectivity index (χ3n) is 2.27. The molecule has 2 aromatic rings. The van der Waals surface area contributed by atoms with Gasteiger partial charge in [-0.1, -0.05) is 12.1 Å². The summed E-state index contributed by atoms with van der Waals surface area (Å²) in [5.41, 5.74) is 1.28. The van der Waals surface area contributed by atoms with Crippen LogP contribution in [0.25, 0.3) is 0 Å². The molecule has 0 fully saturated rings. The standard InChI is InChI=1S/C12H9Br2FN2/c1-7-3-2-4-10(15)11(7)17-12-9(14)5-8(13)6-16-12/h2-6H,1H3,(H,16,17). The van der Waals surface area contributed by atoms with Gasteiger partial charge in [-0.05, 0) is 56.5 Å². The minimum Gasteiger partial charge on any atom is -0.337 e. The molecule has 1 heterocycles. The summed E-state index contributed by atoms with van der Waals surface area (Å²) in [6, 6.07) is 6.80. The van der Waals surface area contributed by atoms with Crippen LogP contribution in [-0.4, -0.2) is 4.98 Å². The van der Waals surface area contributed by atoms with Gasteiger partial charge in [-0.2, -0.15) is 0 Å². The van der Waals surface area contributed by atoms with E-state index in [1.165, 1.54) is 6.07 Å². The second kappa shape index (κ2) is 5.14. The predicted molar refractivity (Wildman–Crippen MR) is 74.1 cm³/mol. The van der Waals surface area contributed by atoms with Crippen LogP contribution in [0, 0.1) is 12.7 Å². The fraction of sp³-hybridized carbons (Fsp3) is 0.0833. The monoisotopic (exact) mass is 358 g/mol. The van der Waals surface area contributed by atoms with Gasteiger partial charge in [-0.25, -0.2) is 9.37 Å². The van der Waals surface area contributed by atoms with Crippen LogP contribution in [0.1, 0.15) is 5.56 Å². The summed E-state index contributed by atoms with van der Waals surface area (Å²) in [5.74, 6) is 0.294. The fourth-order valence-corrected chi connectivity index (χ4v) is 2.50. The molecular formula is C12H9Br2FN2. The van der Waals surface area contributed by atoms with E-state index in [4.69, 9.17) is 0 Å². The number of nitrogens with zero attached hydrogens (tertiary/aromatic N) is 1. The maximum atomic E-state index is 13.6. The maximum Gasteiger partial charge on any atom is 0.146 e. The normalized spacial score (nSPS) is 10.4. The van der Waals surface area contributed by atoms with E-state index in [2.05, 4.69) is 42.2 Å². The highest BCUT2D eigenvalue weighted by molar-refractivity contribution is 9.11. The van der Waals surface area contributed by atoms with Crippen molar-refractivity contribution in [1.82, 2.24) is 4.98 Å². The Morgan fingerprint density at radius 3 is 2.71 bits per heavy atom. The number of rotatable bonds is 2. The number of aromatic nitrogens is 1. The molecule has 0 amide bonds. The Bertz CT molecular complexity index is 538. The molecule has 0 aliphatic heterocycles. The number of para-hydroxylation sites is 1. The SMILES string of the molecule is Cc1cccc(F)c1Nc1ncc(Br)cc1Br. The summed E-state index contributed by atoms with van der Waals surface area (Å²) in [5, 5.41) is 2.98. The Morgan fingerprint density at radius 1 is 1.29 bits per heavy atom.